The lowest BCUT2D eigenvalue weighted by molar-refractivity contribution is 0.0945. The molecule has 0 aliphatic carbocycles. The van der Waals surface area contributed by atoms with Crippen molar-refractivity contribution in [2.24, 2.45) is 0 Å². The van der Waals surface area contributed by atoms with E-state index in [1.165, 1.54) is 26.5 Å². The van der Waals surface area contributed by atoms with Crippen LogP contribution in [0.2, 0.25) is 0 Å². The minimum atomic E-state index is -0.805. The van der Waals surface area contributed by atoms with Gasteiger partial charge in [-0.05, 0) is 17.2 Å². The van der Waals surface area contributed by atoms with Gasteiger partial charge >= 0.3 is 0 Å². The molecule has 0 aliphatic rings. The molecule has 0 aliphatic heterocycles. The highest BCUT2D eigenvalue weighted by Gasteiger charge is 2.20. The molecule has 0 atom stereocenters. The SMILES string of the molecule is COCc1nn(Cc2ccc(Cn3ccccc3=O)cc2)cc1C(=O)NCc1c(C#N)cnc(OC)c1F. The number of benzene rings is 1. The van der Waals surface area contributed by atoms with E-state index in [1.807, 2.05) is 36.4 Å². The van der Waals surface area contributed by atoms with E-state index in [0.29, 0.717) is 18.8 Å². The lowest BCUT2D eigenvalue weighted by atomic mass is 10.1. The van der Waals surface area contributed by atoms with Gasteiger partial charge in [0.1, 0.15) is 11.8 Å². The standard InChI is InChI=1S/C27H25FN6O4/c1-37-17-23-22(26(36)30-13-21-20(11-29)12-31-27(38-2)25(21)28)16-34(32-23)15-19-8-6-18(7-9-19)14-33-10-4-3-5-24(33)35/h3-10,12,16H,13-15,17H2,1-2H3,(H,30,36). The van der Waals surface area contributed by atoms with Crippen LogP contribution in [0.15, 0.2) is 65.8 Å². The lowest BCUT2D eigenvalue weighted by Gasteiger charge is -2.10. The number of nitrogens with one attached hydrogen (secondary N) is 1. The summed E-state index contributed by atoms with van der Waals surface area (Å²) in [6, 6.07) is 14.6. The van der Waals surface area contributed by atoms with Crippen LogP contribution in [0, 0.1) is 17.1 Å². The van der Waals surface area contributed by atoms with Crippen LogP contribution >= 0.6 is 0 Å². The molecule has 10 nitrogen and oxygen atoms in total. The molecule has 0 saturated carbocycles. The summed E-state index contributed by atoms with van der Waals surface area (Å²) in [4.78, 5) is 28.7. The first-order chi connectivity index (χ1) is 18.4. The number of rotatable bonds is 10. The smallest absolute Gasteiger partial charge is 0.255 e. The van der Waals surface area contributed by atoms with Crippen molar-refractivity contribution in [3.8, 4) is 11.9 Å². The quantitative estimate of drug-likeness (QED) is 0.344. The van der Waals surface area contributed by atoms with Crippen LogP contribution in [0.25, 0.3) is 0 Å². The Bertz CT molecular complexity index is 1540. The summed E-state index contributed by atoms with van der Waals surface area (Å²) in [5.74, 6) is -1.56. The third kappa shape index (κ3) is 5.93. The topological polar surface area (TPSA) is 124 Å². The van der Waals surface area contributed by atoms with Gasteiger partial charge in [0.2, 0.25) is 0 Å². The zero-order valence-corrected chi connectivity index (χ0v) is 20.8. The number of amides is 1. The zero-order chi connectivity index (χ0) is 27.1. The van der Waals surface area contributed by atoms with Crippen molar-refractivity contribution in [2.45, 2.75) is 26.2 Å². The molecule has 4 aromatic rings. The molecule has 4 rings (SSSR count). The van der Waals surface area contributed by atoms with E-state index in [4.69, 9.17) is 9.47 Å². The molecule has 11 heteroatoms. The number of carbonyl (C=O) groups excluding carboxylic acids is 1. The van der Waals surface area contributed by atoms with Gasteiger partial charge in [-0.15, -0.1) is 0 Å². The second-order valence-corrected chi connectivity index (χ2v) is 8.37. The average molecular weight is 517 g/mol. The summed E-state index contributed by atoms with van der Waals surface area (Å²) >= 11 is 0. The fraction of sp³-hybridized carbons (Fsp3) is 0.222. The molecule has 1 amide bonds. The number of ether oxygens (including phenoxy) is 2. The molecule has 1 aromatic carbocycles. The van der Waals surface area contributed by atoms with E-state index in [-0.39, 0.29) is 41.3 Å². The number of hydrogen-bond acceptors (Lipinski definition) is 7. The number of carbonyl (C=O) groups is 1. The number of aromatic nitrogens is 4. The van der Waals surface area contributed by atoms with Crippen LogP contribution in [0.1, 0.15) is 38.3 Å². The van der Waals surface area contributed by atoms with Crippen molar-refractivity contribution in [1.82, 2.24) is 24.6 Å². The van der Waals surface area contributed by atoms with Gasteiger partial charge in [-0.25, -0.2) is 9.37 Å². The fourth-order valence-electron chi connectivity index (χ4n) is 3.88. The van der Waals surface area contributed by atoms with E-state index in [0.717, 1.165) is 11.1 Å². The van der Waals surface area contributed by atoms with Gasteiger partial charge in [0.25, 0.3) is 17.3 Å². The minimum absolute atomic E-state index is 0.00278. The molecule has 3 heterocycles. The van der Waals surface area contributed by atoms with Crippen molar-refractivity contribution >= 4 is 5.91 Å². The van der Waals surface area contributed by atoms with E-state index < -0.39 is 11.7 Å². The minimum Gasteiger partial charge on any atom is -0.479 e. The molecule has 3 aromatic heterocycles. The van der Waals surface area contributed by atoms with Crippen LogP contribution in [-0.4, -0.2) is 39.5 Å². The Kier molecular flexibility index (Phi) is 8.25. The third-order valence-corrected chi connectivity index (χ3v) is 5.81. The van der Waals surface area contributed by atoms with E-state index in [1.54, 1.807) is 27.7 Å². The van der Waals surface area contributed by atoms with Crippen LogP contribution in [0.3, 0.4) is 0 Å². The number of pyridine rings is 2. The van der Waals surface area contributed by atoms with Gasteiger partial charge in [-0.1, -0.05) is 30.3 Å². The predicted molar refractivity (Wildman–Crippen MR) is 135 cm³/mol. The molecule has 0 fully saturated rings. The maximum atomic E-state index is 14.6. The first kappa shape index (κ1) is 26.2. The number of hydrogen-bond donors (Lipinski definition) is 1. The number of nitrogens with zero attached hydrogens (tertiary/aromatic N) is 5. The van der Waals surface area contributed by atoms with Gasteiger partial charge in [0.05, 0.1) is 37.9 Å². The van der Waals surface area contributed by atoms with Gasteiger partial charge in [-0.3, -0.25) is 14.3 Å². The number of nitriles is 1. The molecule has 38 heavy (non-hydrogen) atoms. The highest BCUT2D eigenvalue weighted by Crippen LogP contribution is 2.21. The van der Waals surface area contributed by atoms with Crippen molar-refractivity contribution in [3.05, 3.63) is 111 Å². The maximum absolute atomic E-state index is 14.6. The van der Waals surface area contributed by atoms with Crippen molar-refractivity contribution in [3.63, 3.8) is 0 Å². The molecule has 0 unspecified atom stereocenters. The van der Waals surface area contributed by atoms with Gasteiger partial charge in [0, 0.05) is 43.9 Å². The summed E-state index contributed by atoms with van der Waals surface area (Å²) in [6.07, 6.45) is 4.53. The molecule has 1 N–H and O–H groups in total. The number of halogens is 1. The Morgan fingerprint density at radius 1 is 1.13 bits per heavy atom. The summed E-state index contributed by atoms with van der Waals surface area (Å²) in [5.41, 5.74) is 2.50. The van der Waals surface area contributed by atoms with Crippen molar-refractivity contribution in [2.75, 3.05) is 14.2 Å². The Labute approximate surface area is 217 Å². The summed E-state index contributed by atoms with van der Waals surface area (Å²) in [7, 11) is 2.76. The van der Waals surface area contributed by atoms with Gasteiger partial charge in [-0.2, -0.15) is 10.4 Å². The highest BCUT2D eigenvalue weighted by molar-refractivity contribution is 5.95. The molecule has 0 saturated heterocycles. The first-order valence-electron chi connectivity index (χ1n) is 11.6. The van der Waals surface area contributed by atoms with Crippen molar-refractivity contribution < 1.29 is 18.7 Å². The van der Waals surface area contributed by atoms with Crippen LogP contribution in [0.5, 0.6) is 5.88 Å². The Balaban J connectivity index is 1.48. The Hall–Kier alpha value is -4.82. The molecule has 0 radical (unpaired) electrons. The van der Waals surface area contributed by atoms with Crippen LogP contribution < -0.4 is 15.6 Å². The van der Waals surface area contributed by atoms with Gasteiger partial charge in [0.15, 0.2) is 5.82 Å². The lowest BCUT2D eigenvalue weighted by Crippen LogP contribution is -2.25. The normalized spacial score (nSPS) is 10.7. The third-order valence-electron chi connectivity index (χ3n) is 5.81. The van der Waals surface area contributed by atoms with Crippen LogP contribution in [0.4, 0.5) is 4.39 Å². The molecule has 194 valence electrons. The molecule has 0 bridgehead atoms. The number of methoxy groups -OCH3 is 2. The average Bonchev–Trinajstić information content (AvgIpc) is 3.32. The second-order valence-electron chi connectivity index (χ2n) is 8.37. The largest absolute Gasteiger partial charge is 0.479 e. The summed E-state index contributed by atoms with van der Waals surface area (Å²) < 4.78 is 28.0. The maximum Gasteiger partial charge on any atom is 0.255 e. The van der Waals surface area contributed by atoms with Gasteiger partial charge < -0.3 is 19.4 Å². The molecular formula is C27H25FN6O4. The molecular weight excluding hydrogens is 491 g/mol. The Morgan fingerprint density at radius 3 is 2.53 bits per heavy atom. The monoisotopic (exact) mass is 516 g/mol. The van der Waals surface area contributed by atoms with E-state index >= 15 is 0 Å². The van der Waals surface area contributed by atoms with Crippen LogP contribution in [-0.2, 0) is 31.0 Å². The predicted octanol–water partition coefficient (Wildman–Crippen LogP) is 2.63. The fourth-order valence-corrected chi connectivity index (χ4v) is 3.88. The van der Waals surface area contributed by atoms with Crippen molar-refractivity contribution in [1.29, 1.82) is 5.26 Å². The zero-order valence-electron chi connectivity index (χ0n) is 20.8. The second kappa shape index (κ2) is 11.9. The summed E-state index contributed by atoms with van der Waals surface area (Å²) in [6.45, 7) is 0.712. The Morgan fingerprint density at radius 2 is 1.87 bits per heavy atom. The first-order valence-corrected chi connectivity index (χ1v) is 11.6. The van der Waals surface area contributed by atoms with E-state index in [9.17, 15) is 19.2 Å². The summed E-state index contributed by atoms with van der Waals surface area (Å²) in [5, 5.41) is 16.4. The molecule has 0 spiro atoms. The highest BCUT2D eigenvalue weighted by atomic mass is 19.1. The van der Waals surface area contributed by atoms with E-state index in [2.05, 4.69) is 15.4 Å².